The Morgan fingerprint density at radius 1 is 0.850 bits per heavy atom. The van der Waals surface area contributed by atoms with Crippen LogP contribution < -0.4 is 0 Å². The van der Waals surface area contributed by atoms with Crippen LogP contribution in [-0.4, -0.2) is 69.2 Å². The molecule has 0 rings (SSSR count). The third-order valence-corrected chi connectivity index (χ3v) is 1.48. The summed E-state index contributed by atoms with van der Waals surface area (Å²) in [6, 6.07) is 0. The molecule has 0 aliphatic carbocycles. The maximum absolute atomic E-state index is 10.4. The van der Waals surface area contributed by atoms with E-state index in [4.69, 9.17) is 19.7 Å². The van der Waals surface area contributed by atoms with E-state index in [1.807, 2.05) is 0 Å². The lowest BCUT2D eigenvalue weighted by atomic mass is 10.7. The van der Waals surface area contributed by atoms with Crippen molar-refractivity contribution < 1.29 is 34.0 Å². The zero-order valence-corrected chi connectivity index (χ0v) is 11.7. The number of aliphatic hydroxyl groups is 2. The second-order valence-corrected chi connectivity index (χ2v) is 3.12. The van der Waals surface area contributed by atoms with Gasteiger partial charge in [-0.3, -0.25) is 0 Å². The van der Waals surface area contributed by atoms with Crippen LogP contribution in [0, 0.1) is 0 Å². The fourth-order valence-corrected chi connectivity index (χ4v) is 0.747. The second-order valence-electron chi connectivity index (χ2n) is 3.12. The van der Waals surface area contributed by atoms with Gasteiger partial charge in [-0.25, -0.2) is 4.79 Å². The quantitative estimate of drug-likeness (QED) is 0.325. The van der Waals surface area contributed by atoms with Gasteiger partial charge in [0.05, 0.1) is 39.6 Å². The van der Waals surface area contributed by atoms with Gasteiger partial charge in [-0.05, 0) is 0 Å². The molecular weight excluding hydrogens is 268 g/mol. The average Bonchev–Trinajstić information content (AvgIpc) is 2.47. The summed E-state index contributed by atoms with van der Waals surface area (Å²) in [5.41, 5.74) is 0. The molecule has 0 fully saturated rings. The molecule has 20 heavy (non-hydrogen) atoms. The lowest BCUT2D eigenvalue weighted by Gasteiger charge is -2.01. The predicted molar refractivity (Wildman–Crippen MR) is 73.5 cm³/mol. The molecule has 0 saturated carbocycles. The Labute approximate surface area is 119 Å². The predicted octanol–water partition coefficient (Wildman–Crippen LogP) is 0.516. The maximum Gasteiger partial charge on any atom is 0.508 e. The summed E-state index contributed by atoms with van der Waals surface area (Å²) >= 11 is 0. The van der Waals surface area contributed by atoms with E-state index in [0.717, 1.165) is 0 Å². The van der Waals surface area contributed by atoms with Gasteiger partial charge in [-0.15, -0.1) is 0 Å². The number of ether oxygens (including phenoxy) is 4. The van der Waals surface area contributed by atoms with Crippen LogP contribution in [0.5, 0.6) is 0 Å². The molecule has 0 heterocycles. The Morgan fingerprint density at radius 2 is 1.25 bits per heavy atom. The molecule has 0 unspecified atom stereocenters. The molecular formula is C13H24O7. The van der Waals surface area contributed by atoms with Gasteiger partial charge in [0.1, 0.15) is 13.2 Å². The molecule has 7 heteroatoms. The molecule has 0 bridgehead atoms. The van der Waals surface area contributed by atoms with Crippen LogP contribution in [0.3, 0.4) is 0 Å². The van der Waals surface area contributed by atoms with E-state index in [9.17, 15) is 4.79 Å². The minimum absolute atomic E-state index is 0.0417. The summed E-state index contributed by atoms with van der Waals surface area (Å²) in [4.78, 5) is 10.4. The van der Waals surface area contributed by atoms with Crippen molar-refractivity contribution in [2.45, 2.75) is 0 Å². The highest BCUT2D eigenvalue weighted by Crippen LogP contribution is 1.84. The van der Waals surface area contributed by atoms with Crippen LogP contribution >= 0.6 is 0 Å². The highest BCUT2D eigenvalue weighted by molar-refractivity contribution is 5.60. The van der Waals surface area contributed by atoms with Gasteiger partial charge in [0.2, 0.25) is 0 Å². The summed E-state index contributed by atoms with van der Waals surface area (Å²) < 4.78 is 18.7. The van der Waals surface area contributed by atoms with Crippen molar-refractivity contribution in [3.63, 3.8) is 0 Å². The van der Waals surface area contributed by atoms with Gasteiger partial charge >= 0.3 is 6.16 Å². The molecule has 0 aromatic heterocycles. The van der Waals surface area contributed by atoms with E-state index in [-0.39, 0.29) is 26.4 Å². The van der Waals surface area contributed by atoms with Gasteiger partial charge in [0.25, 0.3) is 0 Å². The number of rotatable bonds is 11. The highest BCUT2D eigenvalue weighted by Gasteiger charge is 1.97. The van der Waals surface area contributed by atoms with Crippen LogP contribution in [0.2, 0.25) is 0 Å². The van der Waals surface area contributed by atoms with Crippen molar-refractivity contribution in [2.75, 3.05) is 52.9 Å². The first kappa shape index (κ1) is 20.9. The zero-order chi connectivity index (χ0) is 15.5. The summed E-state index contributed by atoms with van der Waals surface area (Å²) in [6.07, 6.45) is 2.24. The molecule has 0 aromatic carbocycles. The van der Waals surface area contributed by atoms with Crippen LogP contribution in [0.15, 0.2) is 25.3 Å². The Kier molecular flexibility index (Phi) is 20.8. The lowest BCUT2D eigenvalue weighted by Crippen LogP contribution is -2.09. The summed E-state index contributed by atoms with van der Waals surface area (Å²) in [5.74, 6) is 0. The Morgan fingerprint density at radius 3 is 1.55 bits per heavy atom. The number of aliphatic hydroxyl groups excluding tert-OH is 2. The first-order valence-electron chi connectivity index (χ1n) is 6.11. The Hall–Kier alpha value is -1.41. The minimum Gasteiger partial charge on any atom is -0.430 e. The van der Waals surface area contributed by atoms with Crippen LogP contribution in [0.25, 0.3) is 0 Å². The Bertz CT molecular complexity index is 209. The molecule has 0 radical (unpaired) electrons. The topological polar surface area (TPSA) is 94.5 Å². The molecule has 0 amide bonds. The number of hydrogen-bond acceptors (Lipinski definition) is 7. The second kappa shape index (κ2) is 19.9. The molecule has 0 atom stereocenters. The van der Waals surface area contributed by atoms with E-state index >= 15 is 0 Å². The molecule has 118 valence electrons. The molecule has 0 aliphatic heterocycles. The van der Waals surface area contributed by atoms with Crippen molar-refractivity contribution in [3.05, 3.63) is 25.3 Å². The molecule has 0 spiro atoms. The number of carbonyl (C=O) groups is 1. The van der Waals surface area contributed by atoms with Crippen LogP contribution in [-0.2, 0) is 18.9 Å². The van der Waals surface area contributed by atoms with Crippen molar-refractivity contribution >= 4 is 6.16 Å². The average molecular weight is 292 g/mol. The SMILES string of the molecule is C=CCOC(=O)OCC=C.OCCOCCOCCO. The largest absolute Gasteiger partial charge is 0.508 e. The molecule has 7 nitrogen and oxygen atoms in total. The molecule has 2 N–H and O–H groups in total. The zero-order valence-electron chi connectivity index (χ0n) is 11.7. The first-order chi connectivity index (χ1) is 9.72. The Balaban J connectivity index is 0. The van der Waals surface area contributed by atoms with Crippen molar-refractivity contribution in [1.82, 2.24) is 0 Å². The van der Waals surface area contributed by atoms with Gasteiger partial charge in [0, 0.05) is 0 Å². The number of hydrogen-bond donors (Lipinski definition) is 2. The van der Waals surface area contributed by atoms with Crippen molar-refractivity contribution in [3.8, 4) is 0 Å². The van der Waals surface area contributed by atoms with Crippen molar-refractivity contribution in [1.29, 1.82) is 0 Å². The normalized spacial score (nSPS) is 9.10. The molecule has 0 aromatic rings. The van der Waals surface area contributed by atoms with E-state index < -0.39 is 6.16 Å². The molecule has 0 aliphatic rings. The highest BCUT2D eigenvalue weighted by atomic mass is 16.7. The minimum atomic E-state index is -0.695. The van der Waals surface area contributed by atoms with Gasteiger partial charge in [-0.2, -0.15) is 0 Å². The third kappa shape index (κ3) is 21.8. The summed E-state index contributed by atoms with van der Waals surface area (Å²) in [7, 11) is 0. The van der Waals surface area contributed by atoms with Crippen LogP contribution in [0.4, 0.5) is 4.79 Å². The third-order valence-electron chi connectivity index (χ3n) is 1.48. The lowest BCUT2D eigenvalue weighted by molar-refractivity contribution is 0.0222. The smallest absolute Gasteiger partial charge is 0.430 e. The van der Waals surface area contributed by atoms with E-state index in [1.165, 1.54) is 12.2 Å². The standard InChI is InChI=1S/C7H10O3.C6H14O4/c1-3-5-9-7(8)10-6-4-2;7-1-3-9-5-6-10-4-2-8/h3-4H,1-2,5-6H2;7-8H,1-6H2. The fraction of sp³-hybridized carbons (Fsp3) is 0.615. The van der Waals surface area contributed by atoms with Gasteiger partial charge in [-0.1, -0.05) is 25.3 Å². The molecule has 0 saturated heterocycles. The van der Waals surface area contributed by atoms with Crippen LogP contribution in [0.1, 0.15) is 0 Å². The fourth-order valence-electron chi connectivity index (χ4n) is 0.747. The first-order valence-corrected chi connectivity index (χ1v) is 6.11. The monoisotopic (exact) mass is 292 g/mol. The number of carbonyl (C=O) groups excluding carboxylic acids is 1. The van der Waals surface area contributed by atoms with Gasteiger partial charge < -0.3 is 29.2 Å². The van der Waals surface area contributed by atoms with Gasteiger partial charge in [0.15, 0.2) is 0 Å². The maximum atomic E-state index is 10.4. The van der Waals surface area contributed by atoms with E-state index in [2.05, 4.69) is 22.6 Å². The van der Waals surface area contributed by atoms with E-state index in [0.29, 0.717) is 26.4 Å². The summed E-state index contributed by atoms with van der Waals surface area (Å²) in [5, 5.41) is 16.5. The summed E-state index contributed by atoms with van der Waals surface area (Å²) in [6.45, 7) is 8.80. The van der Waals surface area contributed by atoms with Crippen molar-refractivity contribution in [2.24, 2.45) is 0 Å². The van der Waals surface area contributed by atoms with E-state index in [1.54, 1.807) is 0 Å².